The number of aromatic nitrogens is 3. The molecule has 32 heavy (non-hydrogen) atoms. The molecule has 0 aliphatic carbocycles. The molecule has 11 heteroatoms. The highest BCUT2D eigenvalue weighted by Gasteiger charge is 2.19. The van der Waals surface area contributed by atoms with E-state index in [4.69, 9.17) is 16.3 Å². The second-order valence-corrected chi connectivity index (χ2v) is 8.57. The second-order valence-electron chi connectivity index (χ2n) is 6.45. The lowest BCUT2D eigenvalue weighted by Gasteiger charge is -2.10. The van der Waals surface area contributed by atoms with Crippen molar-refractivity contribution in [3.63, 3.8) is 0 Å². The number of methoxy groups -OCH3 is 1. The van der Waals surface area contributed by atoms with Gasteiger partial charge < -0.3 is 4.74 Å². The van der Waals surface area contributed by atoms with Crippen molar-refractivity contribution in [1.82, 2.24) is 15.2 Å². The number of ether oxygens (including phenoxy) is 1. The number of sulfonamides is 1. The Morgan fingerprint density at radius 2 is 1.88 bits per heavy atom. The molecular weight excluding hydrogens is 462 g/mol. The van der Waals surface area contributed by atoms with Gasteiger partial charge in [-0.05, 0) is 42.5 Å². The predicted molar refractivity (Wildman–Crippen MR) is 115 cm³/mol. The molecule has 2 aromatic heterocycles. The van der Waals surface area contributed by atoms with E-state index in [1.54, 1.807) is 6.07 Å². The Balaban J connectivity index is 1.68. The van der Waals surface area contributed by atoms with E-state index in [2.05, 4.69) is 31.7 Å². The number of pyridine rings is 1. The van der Waals surface area contributed by atoms with E-state index >= 15 is 0 Å². The van der Waals surface area contributed by atoms with Crippen LogP contribution in [0.4, 0.5) is 14.5 Å². The van der Waals surface area contributed by atoms with Gasteiger partial charge in [0.25, 0.3) is 10.0 Å². The third-order valence-electron chi connectivity index (χ3n) is 4.37. The molecule has 4 rings (SSSR count). The van der Waals surface area contributed by atoms with Crippen LogP contribution in [0.3, 0.4) is 0 Å². The molecule has 0 saturated carbocycles. The number of rotatable bonds is 4. The van der Waals surface area contributed by atoms with Gasteiger partial charge in [0.1, 0.15) is 5.82 Å². The van der Waals surface area contributed by atoms with Gasteiger partial charge in [0.2, 0.25) is 5.88 Å². The molecule has 0 unspecified atom stereocenters. The third-order valence-corrected chi connectivity index (χ3v) is 6.00. The Morgan fingerprint density at radius 3 is 2.59 bits per heavy atom. The Morgan fingerprint density at radius 1 is 1.12 bits per heavy atom. The largest absolute Gasteiger partial charge is 0.479 e. The van der Waals surface area contributed by atoms with Crippen LogP contribution in [0.1, 0.15) is 11.1 Å². The molecule has 0 amide bonds. The summed E-state index contributed by atoms with van der Waals surface area (Å²) < 4.78 is 61.4. The topological polar surface area (TPSA) is 97.0 Å². The van der Waals surface area contributed by atoms with Crippen molar-refractivity contribution in [2.45, 2.75) is 4.90 Å². The van der Waals surface area contributed by atoms with Gasteiger partial charge in [-0.15, -0.1) is 5.10 Å². The quantitative estimate of drug-likeness (QED) is 0.434. The molecule has 2 aromatic carbocycles. The smallest absolute Gasteiger partial charge is 0.261 e. The van der Waals surface area contributed by atoms with Crippen LogP contribution in [0.15, 0.2) is 53.6 Å². The van der Waals surface area contributed by atoms with Crippen LogP contribution < -0.4 is 9.46 Å². The van der Waals surface area contributed by atoms with Gasteiger partial charge in [0.15, 0.2) is 11.5 Å². The maximum atomic E-state index is 14.9. The van der Waals surface area contributed by atoms with Gasteiger partial charge in [-0.2, -0.15) is 0 Å². The first-order chi connectivity index (χ1) is 15.3. The van der Waals surface area contributed by atoms with Crippen LogP contribution in [0.2, 0.25) is 5.02 Å². The molecule has 4 aromatic rings. The van der Waals surface area contributed by atoms with Crippen molar-refractivity contribution < 1.29 is 21.9 Å². The van der Waals surface area contributed by atoms with Gasteiger partial charge in [-0.1, -0.05) is 23.4 Å². The number of nitrogens with zero attached hydrogens (tertiary/aromatic N) is 2. The Kier molecular flexibility index (Phi) is 5.69. The number of fused-ring (bicyclic) bond motifs is 1. The van der Waals surface area contributed by atoms with Gasteiger partial charge in [0, 0.05) is 16.8 Å². The summed E-state index contributed by atoms with van der Waals surface area (Å²) in [6.45, 7) is 0. The molecule has 2 N–H and O–H groups in total. The number of anilines is 1. The maximum Gasteiger partial charge on any atom is 0.261 e. The number of hydrogen-bond donors (Lipinski definition) is 2. The minimum Gasteiger partial charge on any atom is -0.479 e. The van der Waals surface area contributed by atoms with E-state index in [1.807, 2.05) is 0 Å². The Bertz CT molecular complexity index is 1490. The van der Waals surface area contributed by atoms with Crippen molar-refractivity contribution >= 4 is 38.3 Å². The summed E-state index contributed by atoms with van der Waals surface area (Å²) >= 11 is 5.76. The highest BCUT2D eigenvalue weighted by atomic mass is 35.5. The fraction of sp³-hybridized carbons (Fsp3) is 0.0476. The zero-order valence-electron chi connectivity index (χ0n) is 16.3. The number of halogens is 3. The Hall–Kier alpha value is -3.68. The predicted octanol–water partition coefficient (Wildman–Crippen LogP) is 4.10. The van der Waals surface area contributed by atoms with E-state index in [9.17, 15) is 17.2 Å². The standard InChI is InChI=1S/C21H13ClF2N4O3S/c1-31-21-16-10-12(11-25-20(16)26-27-21)2-7-15-17(23)8-9-18(19(15)24)28-32(29,30)14-5-3-13(22)4-6-14/h3-6,8-11,28H,1H3,(H,25,26,27). The lowest BCUT2D eigenvalue weighted by Crippen LogP contribution is -2.14. The highest BCUT2D eigenvalue weighted by Crippen LogP contribution is 2.25. The first-order valence-corrected chi connectivity index (χ1v) is 10.8. The first-order valence-electron chi connectivity index (χ1n) is 8.95. The zero-order valence-corrected chi connectivity index (χ0v) is 17.9. The minimum absolute atomic E-state index is 0.133. The zero-order chi connectivity index (χ0) is 22.9. The fourth-order valence-electron chi connectivity index (χ4n) is 2.80. The molecule has 2 heterocycles. The minimum atomic E-state index is -4.13. The Labute approximate surface area is 186 Å². The van der Waals surface area contributed by atoms with Gasteiger partial charge >= 0.3 is 0 Å². The summed E-state index contributed by atoms with van der Waals surface area (Å²) in [4.78, 5) is 3.99. The molecule has 0 radical (unpaired) electrons. The molecule has 0 atom stereocenters. The van der Waals surface area contributed by atoms with Crippen molar-refractivity contribution in [2.75, 3.05) is 11.8 Å². The molecule has 0 aliphatic rings. The van der Waals surface area contributed by atoms with E-state index in [-0.39, 0.29) is 4.90 Å². The molecule has 162 valence electrons. The van der Waals surface area contributed by atoms with Crippen LogP contribution in [-0.4, -0.2) is 30.7 Å². The molecular formula is C21H13ClF2N4O3S. The normalized spacial score (nSPS) is 11.1. The summed E-state index contributed by atoms with van der Waals surface area (Å²) in [6, 6.07) is 8.79. The molecule has 0 saturated heterocycles. The van der Waals surface area contributed by atoms with Crippen LogP contribution in [0, 0.1) is 23.5 Å². The van der Waals surface area contributed by atoms with Crippen LogP contribution >= 0.6 is 11.6 Å². The van der Waals surface area contributed by atoms with Gasteiger partial charge in [0.05, 0.1) is 28.6 Å². The summed E-state index contributed by atoms with van der Waals surface area (Å²) in [7, 11) is -2.69. The first kappa shape index (κ1) is 21.5. The van der Waals surface area contributed by atoms with E-state index in [0.717, 1.165) is 12.1 Å². The van der Waals surface area contributed by atoms with Gasteiger partial charge in [-0.25, -0.2) is 22.2 Å². The van der Waals surface area contributed by atoms with Crippen LogP contribution in [0.25, 0.3) is 11.0 Å². The summed E-state index contributed by atoms with van der Waals surface area (Å²) in [5.74, 6) is 3.23. The lowest BCUT2D eigenvalue weighted by molar-refractivity contribution is 0.401. The SMILES string of the molecule is COc1n[nH]c2ncc(C#Cc3c(F)ccc(NS(=O)(=O)c4ccc(Cl)cc4)c3F)cc12. The van der Waals surface area contributed by atoms with E-state index in [1.165, 1.54) is 37.6 Å². The average molecular weight is 475 g/mol. The van der Waals surface area contributed by atoms with Crippen molar-refractivity contribution in [3.8, 4) is 17.7 Å². The summed E-state index contributed by atoms with van der Waals surface area (Å²) in [6.07, 6.45) is 1.40. The summed E-state index contributed by atoms with van der Waals surface area (Å²) in [5, 5.41) is 7.49. The molecule has 7 nitrogen and oxygen atoms in total. The second kappa shape index (κ2) is 8.45. The maximum absolute atomic E-state index is 14.9. The lowest BCUT2D eigenvalue weighted by atomic mass is 10.1. The molecule has 0 bridgehead atoms. The number of hydrogen-bond acceptors (Lipinski definition) is 5. The highest BCUT2D eigenvalue weighted by molar-refractivity contribution is 7.92. The molecule has 0 fully saturated rings. The van der Waals surface area contributed by atoms with E-state index in [0.29, 0.717) is 27.5 Å². The monoisotopic (exact) mass is 474 g/mol. The van der Waals surface area contributed by atoms with Crippen molar-refractivity contribution in [2.24, 2.45) is 0 Å². The number of H-pyrrole nitrogens is 1. The van der Waals surface area contributed by atoms with Crippen molar-refractivity contribution in [1.29, 1.82) is 0 Å². The average Bonchev–Trinajstić information content (AvgIpc) is 3.18. The van der Waals surface area contributed by atoms with E-state index < -0.39 is 32.9 Å². The van der Waals surface area contributed by atoms with Crippen LogP contribution in [-0.2, 0) is 10.0 Å². The third kappa shape index (κ3) is 4.21. The number of benzene rings is 2. The van der Waals surface area contributed by atoms with Gasteiger partial charge in [-0.3, -0.25) is 9.82 Å². The number of nitrogens with one attached hydrogen (secondary N) is 2. The molecule has 0 aliphatic heterocycles. The van der Waals surface area contributed by atoms with Crippen molar-refractivity contribution in [3.05, 3.63) is 76.4 Å². The van der Waals surface area contributed by atoms with Crippen LogP contribution in [0.5, 0.6) is 5.88 Å². The summed E-state index contributed by atoms with van der Waals surface area (Å²) in [5.41, 5.74) is -0.234. The molecule has 0 spiro atoms. The number of aromatic amines is 1. The fourth-order valence-corrected chi connectivity index (χ4v) is 3.99.